The van der Waals surface area contributed by atoms with Crippen molar-refractivity contribution in [1.29, 1.82) is 0 Å². The Morgan fingerprint density at radius 2 is 1.84 bits per heavy atom. The summed E-state index contributed by atoms with van der Waals surface area (Å²) in [5, 5.41) is 14.0. The van der Waals surface area contributed by atoms with Gasteiger partial charge in [0.1, 0.15) is 5.75 Å². The molecule has 162 valence electrons. The number of benzene rings is 3. The molecule has 0 radical (unpaired) electrons. The summed E-state index contributed by atoms with van der Waals surface area (Å²) in [7, 11) is 0. The molecule has 0 saturated heterocycles. The minimum absolute atomic E-state index is 0.211. The van der Waals surface area contributed by atoms with Crippen LogP contribution in [0.1, 0.15) is 72.8 Å². The second-order valence-corrected chi connectivity index (χ2v) is 10.1. The number of phenolic OH excluding ortho intramolecular Hbond substituents is 1. The van der Waals surface area contributed by atoms with Gasteiger partial charge in [-0.3, -0.25) is 0 Å². The van der Waals surface area contributed by atoms with Gasteiger partial charge < -0.3 is 5.11 Å². The van der Waals surface area contributed by atoms with Gasteiger partial charge >= 0.3 is 0 Å². The highest BCUT2D eigenvalue weighted by molar-refractivity contribution is 5.99. The molecule has 1 saturated carbocycles. The number of allylic oxidation sites excluding steroid dienone is 4. The average Bonchev–Trinajstić information content (AvgIpc) is 3.68. The fraction of sp³-hybridized carbons (Fsp3) is 0.355. The largest absolute Gasteiger partial charge is 0.507 e. The molecular weight excluding hydrogens is 388 g/mol. The number of hydrogen-bond acceptors (Lipinski definition) is 1. The maximum atomic E-state index is 11.7. The van der Waals surface area contributed by atoms with E-state index in [1.54, 1.807) is 5.57 Å². The molecule has 0 bridgehead atoms. The average molecular weight is 421 g/mol. The molecule has 3 aromatic carbocycles. The van der Waals surface area contributed by atoms with Gasteiger partial charge in [0.05, 0.1) is 0 Å². The number of hydrogen-bond donors (Lipinski definition) is 1. The highest BCUT2D eigenvalue weighted by Gasteiger charge is 2.33. The Labute approximate surface area is 191 Å². The first kappa shape index (κ1) is 19.9. The van der Waals surface area contributed by atoms with Crippen molar-refractivity contribution in [1.82, 2.24) is 0 Å². The summed E-state index contributed by atoms with van der Waals surface area (Å²) in [6.45, 7) is 4.42. The zero-order valence-corrected chi connectivity index (χ0v) is 19.2. The van der Waals surface area contributed by atoms with E-state index in [-0.39, 0.29) is 5.92 Å². The van der Waals surface area contributed by atoms with E-state index in [1.807, 2.05) is 0 Å². The maximum Gasteiger partial charge on any atom is 0.127 e. The van der Waals surface area contributed by atoms with Crippen LogP contribution in [0.15, 0.2) is 66.3 Å². The van der Waals surface area contributed by atoms with Gasteiger partial charge in [0.2, 0.25) is 0 Å². The second-order valence-electron chi connectivity index (χ2n) is 10.1. The summed E-state index contributed by atoms with van der Waals surface area (Å²) in [6, 6.07) is 17.4. The molecule has 3 aromatic rings. The van der Waals surface area contributed by atoms with Crippen molar-refractivity contribution >= 4 is 16.3 Å². The summed E-state index contributed by atoms with van der Waals surface area (Å²) in [6.07, 6.45) is 12.1. The third kappa shape index (κ3) is 3.13. The van der Waals surface area contributed by atoms with Gasteiger partial charge in [-0.05, 0) is 90.5 Å². The number of phenols is 1. The lowest BCUT2D eigenvalue weighted by atomic mass is 9.75. The van der Waals surface area contributed by atoms with Crippen LogP contribution in [0.3, 0.4) is 0 Å². The van der Waals surface area contributed by atoms with Gasteiger partial charge in [-0.2, -0.15) is 0 Å². The molecule has 3 aliphatic carbocycles. The summed E-state index contributed by atoms with van der Waals surface area (Å²) < 4.78 is 0. The van der Waals surface area contributed by atoms with E-state index in [0.717, 1.165) is 42.0 Å². The zero-order chi connectivity index (χ0) is 21.8. The van der Waals surface area contributed by atoms with E-state index >= 15 is 0 Å². The van der Waals surface area contributed by atoms with Crippen LogP contribution in [-0.4, -0.2) is 5.11 Å². The van der Waals surface area contributed by atoms with Crippen molar-refractivity contribution in [3.8, 4) is 5.75 Å². The van der Waals surface area contributed by atoms with Crippen LogP contribution in [0.25, 0.3) is 16.3 Å². The monoisotopic (exact) mass is 420 g/mol. The molecule has 2 unspecified atom stereocenters. The molecule has 3 aliphatic rings. The van der Waals surface area contributed by atoms with Crippen LogP contribution < -0.4 is 0 Å². The van der Waals surface area contributed by atoms with E-state index in [2.05, 4.69) is 74.5 Å². The lowest BCUT2D eigenvalue weighted by Gasteiger charge is -2.30. The predicted molar refractivity (Wildman–Crippen MR) is 134 cm³/mol. The highest BCUT2D eigenvalue weighted by Crippen LogP contribution is 2.49. The number of rotatable bonds is 4. The summed E-state index contributed by atoms with van der Waals surface area (Å²) in [4.78, 5) is 0. The Hall–Kier alpha value is -2.80. The van der Waals surface area contributed by atoms with Crippen LogP contribution >= 0.6 is 0 Å². The van der Waals surface area contributed by atoms with Gasteiger partial charge in [0.15, 0.2) is 0 Å². The van der Waals surface area contributed by atoms with Gasteiger partial charge in [0, 0.05) is 16.9 Å². The van der Waals surface area contributed by atoms with Crippen LogP contribution in [0.4, 0.5) is 0 Å². The van der Waals surface area contributed by atoms with Crippen LogP contribution in [0, 0.1) is 18.8 Å². The molecule has 0 aromatic heterocycles. The number of fused-ring (bicyclic) bond motifs is 4. The molecule has 2 atom stereocenters. The molecule has 0 amide bonds. The quantitative estimate of drug-likeness (QED) is 0.452. The minimum Gasteiger partial charge on any atom is -0.507 e. The number of aromatic hydroxyl groups is 1. The van der Waals surface area contributed by atoms with E-state index < -0.39 is 0 Å². The molecule has 1 fully saturated rings. The molecular formula is C31H32O. The van der Waals surface area contributed by atoms with Crippen molar-refractivity contribution in [2.75, 3.05) is 0 Å². The van der Waals surface area contributed by atoms with Crippen LogP contribution in [0.2, 0.25) is 0 Å². The van der Waals surface area contributed by atoms with E-state index in [4.69, 9.17) is 0 Å². The molecule has 32 heavy (non-hydrogen) atoms. The summed E-state index contributed by atoms with van der Waals surface area (Å²) in [5.74, 6) is 2.39. The smallest absolute Gasteiger partial charge is 0.127 e. The Morgan fingerprint density at radius 1 is 1.03 bits per heavy atom. The van der Waals surface area contributed by atoms with Crippen molar-refractivity contribution in [3.63, 3.8) is 0 Å². The topological polar surface area (TPSA) is 20.2 Å². The number of aryl methyl sites for hydroxylation is 2. The van der Waals surface area contributed by atoms with E-state index in [9.17, 15) is 5.11 Å². The summed E-state index contributed by atoms with van der Waals surface area (Å²) in [5.41, 5.74) is 9.38. The second kappa shape index (κ2) is 7.66. The van der Waals surface area contributed by atoms with E-state index in [0.29, 0.717) is 5.75 Å². The van der Waals surface area contributed by atoms with Gasteiger partial charge in [-0.25, -0.2) is 0 Å². The predicted octanol–water partition coefficient (Wildman–Crippen LogP) is 8.08. The molecule has 0 heterocycles. The molecule has 0 spiro atoms. The zero-order valence-electron chi connectivity index (χ0n) is 19.2. The standard InChI is InChI=1S/C31H32O/c1-3-24(21-7-5-4-6-8-21)29-17-19(2)25-15-16-27-26-13-11-22(20-9-10-20)18-23(26)12-14-28(27)30(25)31(29)32/h4-8,11,13,15-17,20,22,24,32H,3,9-10,12,14,18H2,1-2H3. The highest BCUT2D eigenvalue weighted by atomic mass is 16.3. The van der Waals surface area contributed by atoms with Crippen LogP contribution in [-0.2, 0) is 6.42 Å². The lowest BCUT2D eigenvalue weighted by Crippen LogP contribution is -2.13. The Morgan fingerprint density at radius 3 is 2.59 bits per heavy atom. The van der Waals surface area contributed by atoms with Gasteiger partial charge in [-0.15, -0.1) is 0 Å². The van der Waals surface area contributed by atoms with Gasteiger partial charge in [-0.1, -0.05) is 73.2 Å². The van der Waals surface area contributed by atoms with Gasteiger partial charge in [0.25, 0.3) is 0 Å². The normalized spacial score (nSPS) is 20.9. The van der Waals surface area contributed by atoms with Crippen molar-refractivity contribution in [2.45, 2.75) is 58.3 Å². The third-order valence-corrected chi connectivity index (χ3v) is 8.17. The van der Waals surface area contributed by atoms with Crippen molar-refractivity contribution in [2.24, 2.45) is 11.8 Å². The molecule has 6 rings (SSSR count). The molecule has 1 nitrogen and oxygen atoms in total. The molecule has 1 heteroatoms. The van der Waals surface area contributed by atoms with E-state index in [1.165, 1.54) is 52.5 Å². The Balaban J connectivity index is 1.51. The SMILES string of the molecule is CCC(c1ccccc1)c1cc(C)c2ccc3c(c2c1O)CCC1=C3C=CC(C2CC2)C1. The summed E-state index contributed by atoms with van der Waals surface area (Å²) >= 11 is 0. The first-order valence-corrected chi connectivity index (χ1v) is 12.4. The molecule has 1 N–H and O–H groups in total. The molecule has 0 aliphatic heterocycles. The minimum atomic E-state index is 0.211. The van der Waals surface area contributed by atoms with Crippen LogP contribution in [0.5, 0.6) is 5.75 Å². The fourth-order valence-corrected chi connectivity index (χ4v) is 6.31. The Bertz CT molecular complexity index is 1260. The van der Waals surface area contributed by atoms with Crippen molar-refractivity contribution < 1.29 is 5.11 Å². The van der Waals surface area contributed by atoms with Crippen molar-refractivity contribution in [3.05, 3.63) is 94.1 Å². The first-order chi connectivity index (χ1) is 15.7. The maximum absolute atomic E-state index is 11.7. The third-order valence-electron chi connectivity index (χ3n) is 8.17. The first-order valence-electron chi connectivity index (χ1n) is 12.4. The lowest BCUT2D eigenvalue weighted by molar-refractivity contribution is 0.469. The fourth-order valence-electron chi connectivity index (χ4n) is 6.31. The Kier molecular flexibility index (Phi) is 4.75.